The van der Waals surface area contributed by atoms with E-state index >= 15 is 0 Å². The molecule has 0 fully saturated rings. The van der Waals surface area contributed by atoms with E-state index in [1.54, 1.807) is 18.2 Å². The summed E-state index contributed by atoms with van der Waals surface area (Å²) >= 11 is 13.7. The molecule has 3 nitrogen and oxygen atoms in total. The summed E-state index contributed by atoms with van der Waals surface area (Å²) in [6, 6.07) is 8.04. The molecule has 1 aliphatic heterocycles. The average molecular weight is 383 g/mol. The zero-order chi connectivity index (χ0) is 17.3. The number of nitrogens with zero attached hydrogens (tertiary/aromatic N) is 1. The van der Waals surface area contributed by atoms with E-state index < -0.39 is 0 Å². The molecule has 1 N–H and O–H groups in total. The van der Waals surface area contributed by atoms with E-state index in [0.29, 0.717) is 34.2 Å². The van der Waals surface area contributed by atoms with Crippen molar-refractivity contribution in [2.24, 2.45) is 0 Å². The number of halogens is 2. The first-order valence-electron chi connectivity index (χ1n) is 8.02. The van der Waals surface area contributed by atoms with Crippen LogP contribution in [0.25, 0.3) is 0 Å². The van der Waals surface area contributed by atoms with E-state index in [-0.39, 0.29) is 5.91 Å². The lowest BCUT2D eigenvalue weighted by Gasteiger charge is -2.38. The summed E-state index contributed by atoms with van der Waals surface area (Å²) in [5.41, 5.74) is 2.00. The largest absolute Gasteiger partial charge is 0.351 e. The predicted octanol–water partition coefficient (Wildman–Crippen LogP) is 4.79. The minimum atomic E-state index is -0.123. The Kier molecular flexibility index (Phi) is 5.50. The van der Waals surface area contributed by atoms with Crippen LogP contribution in [0.5, 0.6) is 0 Å². The summed E-state index contributed by atoms with van der Waals surface area (Å²) in [5.74, 6) is -0.123. The number of thiophene rings is 1. The zero-order valence-electron chi connectivity index (χ0n) is 13.7. The van der Waals surface area contributed by atoms with Crippen LogP contribution in [0.2, 0.25) is 10.0 Å². The molecule has 0 saturated heterocycles. The highest BCUT2D eigenvalue weighted by Crippen LogP contribution is 2.35. The smallest absolute Gasteiger partial charge is 0.251 e. The van der Waals surface area contributed by atoms with E-state index in [1.807, 2.05) is 11.3 Å². The monoisotopic (exact) mass is 382 g/mol. The molecule has 1 aromatic heterocycles. The van der Waals surface area contributed by atoms with Gasteiger partial charge in [-0.15, -0.1) is 11.3 Å². The molecule has 24 heavy (non-hydrogen) atoms. The van der Waals surface area contributed by atoms with Crippen molar-refractivity contribution in [3.8, 4) is 0 Å². The molecule has 128 valence electrons. The number of rotatable bonds is 4. The summed E-state index contributed by atoms with van der Waals surface area (Å²) in [5, 5.41) is 5.99. The van der Waals surface area contributed by atoms with Gasteiger partial charge in [-0.25, -0.2) is 0 Å². The second-order valence-corrected chi connectivity index (χ2v) is 7.92. The maximum Gasteiger partial charge on any atom is 0.251 e. The molecule has 6 heteroatoms. The van der Waals surface area contributed by atoms with E-state index in [0.717, 1.165) is 13.0 Å². The molecule has 0 spiro atoms. The lowest BCUT2D eigenvalue weighted by Crippen LogP contribution is -2.44. The molecular weight excluding hydrogens is 363 g/mol. The van der Waals surface area contributed by atoms with Gasteiger partial charge in [-0.2, -0.15) is 0 Å². The highest BCUT2D eigenvalue weighted by molar-refractivity contribution is 7.10. The van der Waals surface area contributed by atoms with Crippen molar-refractivity contribution < 1.29 is 4.79 Å². The van der Waals surface area contributed by atoms with Gasteiger partial charge in [0.15, 0.2) is 0 Å². The van der Waals surface area contributed by atoms with Crippen molar-refractivity contribution >= 4 is 40.4 Å². The fourth-order valence-electron chi connectivity index (χ4n) is 3.30. The van der Waals surface area contributed by atoms with Crippen LogP contribution in [0, 0.1) is 0 Å². The lowest BCUT2D eigenvalue weighted by atomic mass is 9.97. The quantitative estimate of drug-likeness (QED) is 0.823. The first kappa shape index (κ1) is 17.7. The minimum Gasteiger partial charge on any atom is -0.351 e. The Labute approximate surface area is 156 Å². The normalized spacial score (nSPS) is 20.7. The van der Waals surface area contributed by atoms with Gasteiger partial charge in [0.2, 0.25) is 0 Å². The van der Waals surface area contributed by atoms with Crippen molar-refractivity contribution in [1.29, 1.82) is 0 Å². The van der Waals surface area contributed by atoms with Gasteiger partial charge in [0.25, 0.3) is 5.91 Å². The third kappa shape index (κ3) is 3.62. The highest BCUT2D eigenvalue weighted by atomic mass is 35.5. The molecule has 0 bridgehead atoms. The van der Waals surface area contributed by atoms with Crippen LogP contribution in [-0.4, -0.2) is 29.9 Å². The van der Waals surface area contributed by atoms with Crippen LogP contribution in [0.15, 0.2) is 29.6 Å². The first-order valence-corrected chi connectivity index (χ1v) is 9.66. The topological polar surface area (TPSA) is 32.3 Å². The zero-order valence-corrected chi connectivity index (χ0v) is 16.0. The Balaban J connectivity index is 1.58. The van der Waals surface area contributed by atoms with Crippen molar-refractivity contribution in [1.82, 2.24) is 10.2 Å². The maximum absolute atomic E-state index is 12.2. The van der Waals surface area contributed by atoms with Crippen molar-refractivity contribution in [3.05, 3.63) is 55.7 Å². The maximum atomic E-state index is 12.2. The number of carbonyl (C=O) groups excluding carboxylic acids is 1. The van der Waals surface area contributed by atoms with Crippen molar-refractivity contribution in [3.63, 3.8) is 0 Å². The van der Waals surface area contributed by atoms with Crippen LogP contribution in [0.3, 0.4) is 0 Å². The van der Waals surface area contributed by atoms with Crippen molar-refractivity contribution in [2.75, 3.05) is 13.1 Å². The number of hydrogen-bond acceptors (Lipinski definition) is 3. The summed E-state index contributed by atoms with van der Waals surface area (Å²) in [6.45, 7) is 5.92. The van der Waals surface area contributed by atoms with Gasteiger partial charge < -0.3 is 5.32 Å². The fraction of sp³-hybridized carbons (Fsp3) is 0.389. The summed E-state index contributed by atoms with van der Waals surface area (Å²) < 4.78 is 0. The number of amides is 1. The molecule has 2 unspecified atom stereocenters. The molecule has 2 atom stereocenters. The molecule has 1 amide bonds. The Hall–Kier alpha value is -1.07. The van der Waals surface area contributed by atoms with Gasteiger partial charge >= 0.3 is 0 Å². The van der Waals surface area contributed by atoms with Gasteiger partial charge in [0.1, 0.15) is 0 Å². The van der Waals surface area contributed by atoms with Gasteiger partial charge in [-0.05, 0) is 55.5 Å². The first-order chi connectivity index (χ1) is 11.5. The molecule has 1 aliphatic rings. The predicted molar refractivity (Wildman–Crippen MR) is 101 cm³/mol. The Bertz CT molecular complexity index is 746. The minimum absolute atomic E-state index is 0.123. The molecule has 2 heterocycles. The van der Waals surface area contributed by atoms with Gasteiger partial charge in [0.05, 0.1) is 10.0 Å². The van der Waals surface area contributed by atoms with E-state index in [2.05, 4.69) is 35.5 Å². The number of fused-ring (bicyclic) bond motifs is 1. The van der Waals surface area contributed by atoms with E-state index in [1.165, 1.54) is 10.4 Å². The fourth-order valence-corrected chi connectivity index (χ4v) is 4.61. The van der Waals surface area contributed by atoms with Crippen molar-refractivity contribution in [2.45, 2.75) is 32.4 Å². The van der Waals surface area contributed by atoms with Gasteiger partial charge in [-0.1, -0.05) is 23.2 Å². The van der Waals surface area contributed by atoms with E-state index in [4.69, 9.17) is 23.2 Å². The van der Waals surface area contributed by atoms with Crippen LogP contribution in [-0.2, 0) is 6.42 Å². The number of carbonyl (C=O) groups is 1. The third-order valence-electron chi connectivity index (χ3n) is 4.58. The lowest BCUT2D eigenvalue weighted by molar-refractivity contribution is 0.0930. The molecule has 0 radical (unpaired) electrons. The summed E-state index contributed by atoms with van der Waals surface area (Å²) in [7, 11) is 0. The molecule has 1 aromatic carbocycles. The van der Waals surface area contributed by atoms with Crippen LogP contribution in [0.1, 0.15) is 40.7 Å². The third-order valence-corrected chi connectivity index (χ3v) is 6.44. The molecule has 3 rings (SSSR count). The number of hydrogen-bond donors (Lipinski definition) is 1. The Morgan fingerprint density at radius 1 is 1.29 bits per heavy atom. The van der Waals surface area contributed by atoms with Crippen LogP contribution >= 0.6 is 34.5 Å². The second-order valence-electron chi connectivity index (χ2n) is 6.16. The molecule has 2 aromatic rings. The Morgan fingerprint density at radius 3 is 2.83 bits per heavy atom. The van der Waals surface area contributed by atoms with Crippen LogP contribution in [0.4, 0.5) is 0 Å². The van der Waals surface area contributed by atoms with Crippen LogP contribution < -0.4 is 5.32 Å². The highest BCUT2D eigenvalue weighted by Gasteiger charge is 2.29. The average Bonchev–Trinajstić information content (AvgIpc) is 3.01. The molecular formula is C18H20Cl2N2OS. The Morgan fingerprint density at radius 2 is 2.08 bits per heavy atom. The standard InChI is InChI=1S/C18H20Cl2N2OS/c1-11-9-13-5-8-24-17(13)12(2)22(11)7-6-21-18(23)14-3-4-15(19)16(20)10-14/h3-5,8,10-12H,6-7,9H2,1-2H3,(H,21,23). The SMILES string of the molecule is CC1Cc2ccsc2C(C)N1CCNC(=O)c1ccc(Cl)c(Cl)c1. The summed E-state index contributed by atoms with van der Waals surface area (Å²) in [4.78, 5) is 16.1. The van der Waals surface area contributed by atoms with E-state index in [9.17, 15) is 4.79 Å². The van der Waals surface area contributed by atoms with Gasteiger partial charge in [-0.3, -0.25) is 9.69 Å². The number of nitrogens with one attached hydrogen (secondary N) is 1. The second kappa shape index (κ2) is 7.44. The number of benzene rings is 1. The molecule has 0 aliphatic carbocycles. The molecule has 0 saturated carbocycles. The van der Waals surface area contributed by atoms with Gasteiger partial charge in [0, 0.05) is 35.6 Å². The summed E-state index contributed by atoms with van der Waals surface area (Å²) in [6.07, 6.45) is 1.07.